The van der Waals surface area contributed by atoms with E-state index in [-0.39, 0.29) is 10.8 Å². The standard InChI is InChI=1S/C20H30N4O3S/c1-16-6-5-13-24(14-16)15-20(25)22-17-8-10-18(11-9-17)28(26,27)23-19-7-3-2-4-12-21-19/h8-11,16H,2-7,12-15H2,1H3,(H,21,23)(H,22,25)/t16-/m0/s1. The topological polar surface area (TPSA) is 90.9 Å². The second kappa shape index (κ2) is 9.52. The molecule has 2 N–H and O–H groups in total. The number of nitrogens with one attached hydrogen (secondary N) is 2. The van der Waals surface area contributed by atoms with E-state index >= 15 is 0 Å². The number of piperidine rings is 1. The van der Waals surface area contributed by atoms with Crippen LogP contribution < -0.4 is 10.0 Å². The minimum Gasteiger partial charge on any atom is -0.325 e. The number of carbonyl (C=O) groups is 1. The molecule has 1 aromatic carbocycles. The van der Waals surface area contributed by atoms with Gasteiger partial charge in [-0.15, -0.1) is 0 Å². The van der Waals surface area contributed by atoms with Crippen LogP contribution >= 0.6 is 0 Å². The van der Waals surface area contributed by atoms with E-state index in [4.69, 9.17) is 0 Å². The van der Waals surface area contributed by atoms with Crippen molar-refractivity contribution in [2.75, 3.05) is 31.5 Å². The first-order valence-electron chi connectivity index (χ1n) is 10.1. The number of carbonyl (C=O) groups excluding carboxylic acids is 1. The third-order valence-corrected chi connectivity index (χ3v) is 6.58. The number of nitrogens with zero attached hydrogens (tertiary/aromatic N) is 2. The molecule has 2 aliphatic rings. The molecular formula is C20H30N4O3S. The number of benzene rings is 1. The molecule has 0 bridgehead atoms. The van der Waals surface area contributed by atoms with Crippen LogP contribution in [0.4, 0.5) is 5.69 Å². The maximum absolute atomic E-state index is 12.6. The Kier molecular flexibility index (Phi) is 7.07. The quantitative estimate of drug-likeness (QED) is 0.786. The number of hydrogen-bond acceptors (Lipinski definition) is 5. The lowest BCUT2D eigenvalue weighted by Gasteiger charge is -2.30. The van der Waals surface area contributed by atoms with Crippen LogP contribution in [0.15, 0.2) is 34.2 Å². The van der Waals surface area contributed by atoms with E-state index in [0.29, 0.717) is 37.0 Å². The molecule has 1 aromatic rings. The number of anilines is 1. The molecule has 7 nitrogen and oxygen atoms in total. The summed E-state index contributed by atoms with van der Waals surface area (Å²) in [6.07, 6.45) is 6.01. The fraction of sp³-hybridized carbons (Fsp3) is 0.600. The number of aliphatic imine (C=N–C) groups is 1. The van der Waals surface area contributed by atoms with Crippen LogP contribution in [0.1, 0.15) is 45.4 Å². The van der Waals surface area contributed by atoms with Gasteiger partial charge < -0.3 is 5.32 Å². The summed E-state index contributed by atoms with van der Waals surface area (Å²) in [5, 5.41) is 2.85. The number of likely N-dealkylation sites (tertiary alicyclic amines) is 1. The second-order valence-electron chi connectivity index (χ2n) is 7.80. The van der Waals surface area contributed by atoms with Gasteiger partial charge in [-0.05, 0) is 62.4 Å². The maximum Gasteiger partial charge on any atom is 0.262 e. The van der Waals surface area contributed by atoms with Crippen molar-refractivity contribution in [1.82, 2.24) is 9.62 Å². The molecule has 0 unspecified atom stereocenters. The molecule has 1 atom stereocenters. The van der Waals surface area contributed by atoms with Crippen LogP contribution in [0.3, 0.4) is 0 Å². The minimum atomic E-state index is -3.65. The average Bonchev–Trinajstić information content (AvgIpc) is 2.90. The van der Waals surface area contributed by atoms with Gasteiger partial charge in [0, 0.05) is 25.2 Å². The molecule has 2 heterocycles. The van der Waals surface area contributed by atoms with Crippen molar-refractivity contribution in [3.05, 3.63) is 24.3 Å². The Morgan fingerprint density at radius 2 is 1.96 bits per heavy atom. The van der Waals surface area contributed by atoms with Crippen molar-refractivity contribution in [2.24, 2.45) is 10.9 Å². The zero-order chi connectivity index (χ0) is 20.0. The molecule has 1 amide bonds. The highest BCUT2D eigenvalue weighted by Crippen LogP contribution is 2.17. The maximum atomic E-state index is 12.6. The first-order valence-corrected chi connectivity index (χ1v) is 11.6. The molecule has 3 rings (SSSR count). The lowest BCUT2D eigenvalue weighted by molar-refractivity contribution is -0.117. The van der Waals surface area contributed by atoms with Gasteiger partial charge in [-0.3, -0.25) is 19.4 Å². The van der Waals surface area contributed by atoms with Crippen molar-refractivity contribution in [3.63, 3.8) is 0 Å². The zero-order valence-electron chi connectivity index (χ0n) is 16.5. The molecule has 0 radical (unpaired) electrons. The van der Waals surface area contributed by atoms with Crippen LogP contribution in [-0.2, 0) is 14.8 Å². The van der Waals surface area contributed by atoms with Gasteiger partial charge in [-0.2, -0.15) is 0 Å². The fourth-order valence-electron chi connectivity index (χ4n) is 3.72. The number of amidine groups is 1. The van der Waals surface area contributed by atoms with E-state index < -0.39 is 10.0 Å². The molecule has 0 spiro atoms. The number of sulfonamides is 1. The van der Waals surface area contributed by atoms with Gasteiger partial charge in [-0.1, -0.05) is 13.3 Å². The molecule has 2 aliphatic heterocycles. The SMILES string of the molecule is C[C@H]1CCCN(CC(=O)Nc2ccc(S(=O)(=O)NC3=NCCCCC3)cc2)C1. The fourth-order valence-corrected chi connectivity index (χ4v) is 4.81. The highest BCUT2D eigenvalue weighted by atomic mass is 32.2. The molecule has 1 fully saturated rings. The van der Waals surface area contributed by atoms with E-state index in [0.717, 1.165) is 38.8 Å². The summed E-state index contributed by atoms with van der Waals surface area (Å²) in [6.45, 7) is 5.13. The van der Waals surface area contributed by atoms with Gasteiger partial charge in [0.25, 0.3) is 10.0 Å². The van der Waals surface area contributed by atoms with Gasteiger partial charge in [0.05, 0.1) is 11.4 Å². The molecule has 28 heavy (non-hydrogen) atoms. The van der Waals surface area contributed by atoms with E-state index in [1.54, 1.807) is 12.1 Å². The monoisotopic (exact) mass is 406 g/mol. The Bertz CT molecular complexity index is 805. The summed E-state index contributed by atoms with van der Waals surface area (Å²) < 4.78 is 27.7. The molecule has 8 heteroatoms. The second-order valence-corrected chi connectivity index (χ2v) is 9.48. The summed E-state index contributed by atoms with van der Waals surface area (Å²) in [5.41, 5.74) is 0.598. The van der Waals surface area contributed by atoms with Crippen LogP contribution in [-0.4, -0.2) is 51.2 Å². The van der Waals surface area contributed by atoms with E-state index in [9.17, 15) is 13.2 Å². The van der Waals surface area contributed by atoms with Crippen molar-refractivity contribution in [2.45, 2.75) is 50.3 Å². The van der Waals surface area contributed by atoms with Crippen molar-refractivity contribution in [1.29, 1.82) is 0 Å². The third kappa shape index (κ3) is 6.04. The smallest absolute Gasteiger partial charge is 0.262 e. The summed E-state index contributed by atoms with van der Waals surface area (Å²) in [6, 6.07) is 6.27. The molecule has 1 saturated heterocycles. The Balaban J connectivity index is 1.56. The first kappa shape index (κ1) is 20.8. The molecule has 0 saturated carbocycles. The third-order valence-electron chi connectivity index (χ3n) is 5.18. The Morgan fingerprint density at radius 3 is 2.71 bits per heavy atom. The largest absolute Gasteiger partial charge is 0.325 e. The summed E-state index contributed by atoms with van der Waals surface area (Å²) in [5.74, 6) is 1.08. The predicted molar refractivity (Wildman–Crippen MR) is 111 cm³/mol. The lowest BCUT2D eigenvalue weighted by Crippen LogP contribution is -2.39. The predicted octanol–water partition coefficient (Wildman–Crippen LogP) is 2.61. The summed E-state index contributed by atoms with van der Waals surface area (Å²) in [4.78, 5) is 18.9. The normalized spacial score (nSPS) is 21.5. The summed E-state index contributed by atoms with van der Waals surface area (Å²) >= 11 is 0. The van der Waals surface area contributed by atoms with Crippen molar-refractivity contribution >= 4 is 27.5 Å². The van der Waals surface area contributed by atoms with Gasteiger partial charge in [0.15, 0.2) is 0 Å². The molecule has 0 aromatic heterocycles. The highest BCUT2D eigenvalue weighted by Gasteiger charge is 2.19. The van der Waals surface area contributed by atoms with Crippen LogP contribution in [0, 0.1) is 5.92 Å². The average molecular weight is 407 g/mol. The van der Waals surface area contributed by atoms with Crippen LogP contribution in [0.25, 0.3) is 0 Å². The zero-order valence-corrected chi connectivity index (χ0v) is 17.3. The van der Waals surface area contributed by atoms with Gasteiger partial charge in [0.2, 0.25) is 5.91 Å². The van der Waals surface area contributed by atoms with E-state index in [1.165, 1.54) is 18.6 Å². The molecular weight excluding hydrogens is 376 g/mol. The molecule has 0 aliphatic carbocycles. The van der Waals surface area contributed by atoms with Crippen LogP contribution in [0.5, 0.6) is 0 Å². The molecule has 154 valence electrons. The van der Waals surface area contributed by atoms with Crippen LogP contribution in [0.2, 0.25) is 0 Å². The van der Waals surface area contributed by atoms with Crippen molar-refractivity contribution in [3.8, 4) is 0 Å². The van der Waals surface area contributed by atoms with Gasteiger partial charge in [0.1, 0.15) is 5.84 Å². The first-order chi connectivity index (χ1) is 13.4. The number of hydrogen-bond donors (Lipinski definition) is 2. The van der Waals surface area contributed by atoms with Gasteiger partial charge >= 0.3 is 0 Å². The Labute approximate surface area is 167 Å². The van der Waals surface area contributed by atoms with Crippen molar-refractivity contribution < 1.29 is 13.2 Å². The minimum absolute atomic E-state index is 0.0735. The lowest BCUT2D eigenvalue weighted by atomic mass is 10.0. The van der Waals surface area contributed by atoms with E-state index in [2.05, 4.69) is 26.9 Å². The Hall–Kier alpha value is -1.93. The Morgan fingerprint density at radius 1 is 1.18 bits per heavy atom. The number of amides is 1. The number of rotatable bonds is 5. The highest BCUT2D eigenvalue weighted by molar-refractivity contribution is 7.90. The van der Waals surface area contributed by atoms with E-state index in [1.807, 2.05) is 0 Å². The summed E-state index contributed by atoms with van der Waals surface area (Å²) in [7, 11) is -3.65. The van der Waals surface area contributed by atoms with Gasteiger partial charge in [-0.25, -0.2) is 8.42 Å².